The molecule has 2 aromatic carbocycles. The van der Waals surface area contributed by atoms with Crippen LogP contribution in [0.1, 0.15) is 82.9 Å². The predicted molar refractivity (Wildman–Crippen MR) is 212 cm³/mol. The second-order valence-corrected chi connectivity index (χ2v) is 15.9. The summed E-state index contributed by atoms with van der Waals surface area (Å²) in [5.74, 6) is -0.311. The Balaban J connectivity index is 0.963. The summed E-state index contributed by atoms with van der Waals surface area (Å²) >= 11 is 7.08. The maximum Gasteiger partial charge on any atom is 0.306 e. The largest absolute Gasteiger partial charge is 0.481 e. The quantitative estimate of drug-likeness (QED) is 0.150. The summed E-state index contributed by atoms with van der Waals surface area (Å²) in [5.41, 5.74) is 9.74. The van der Waals surface area contributed by atoms with Crippen LogP contribution in [0.4, 0.5) is 5.69 Å². The first kappa shape index (κ1) is 36.3. The van der Waals surface area contributed by atoms with Crippen LogP contribution in [-0.2, 0) is 37.8 Å². The number of fused-ring (bicyclic) bond motifs is 2. The minimum absolute atomic E-state index is 0.205. The number of carboxylic acid groups (broad SMARTS) is 1. The molecule has 11 heteroatoms. The summed E-state index contributed by atoms with van der Waals surface area (Å²) in [7, 11) is 1.91. The number of likely N-dealkylation sites (tertiary alicyclic amines) is 1. The zero-order chi connectivity index (χ0) is 37.3. The first-order chi connectivity index (χ1) is 26.2. The van der Waals surface area contributed by atoms with Crippen molar-refractivity contribution < 1.29 is 14.7 Å². The molecule has 2 N–H and O–H groups in total. The van der Waals surface area contributed by atoms with Gasteiger partial charge in [0.2, 0.25) is 0 Å². The first-order valence-corrected chi connectivity index (χ1v) is 19.7. The highest BCUT2D eigenvalue weighted by atomic mass is 35.5. The molecule has 0 unspecified atom stereocenters. The SMILES string of the molecule is Cc1c(Cc2nccc3cc(CN4CCCC4)cnc23)cccc1-c1cccc(NC(=O)c2nc3c(n2C)CCN(CC2CCC(C(=O)O)CC2)C3)c1Cl. The van der Waals surface area contributed by atoms with Crippen LogP contribution in [0.3, 0.4) is 0 Å². The van der Waals surface area contributed by atoms with Crippen LogP contribution in [0.2, 0.25) is 5.02 Å². The van der Waals surface area contributed by atoms with Gasteiger partial charge < -0.3 is 15.0 Å². The molecule has 2 fully saturated rings. The van der Waals surface area contributed by atoms with Gasteiger partial charge in [-0.2, -0.15) is 0 Å². The second-order valence-electron chi connectivity index (χ2n) is 15.5. The van der Waals surface area contributed by atoms with Crippen molar-refractivity contribution in [1.29, 1.82) is 0 Å². The number of amides is 1. The Morgan fingerprint density at radius 1 is 0.963 bits per heavy atom. The third-order valence-electron chi connectivity index (χ3n) is 11.9. The van der Waals surface area contributed by atoms with E-state index in [0.29, 0.717) is 35.4 Å². The fraction of sp³-hybridized carbons (Fsp3) is 0.419. The number of aromatic nitrogens is 4. The van der Waals surface area contributed by atoms with Crippen LogP contribution in [0.15, 0.2) is 60.9 Å². The lowest BCUT2D eigenvalue weighted by Crippen LogP contribution is -2.36. The lowest BCUT2D eigenvalue weighted by atomic mass is 9.81. The number of carboxylic acids is 1. The third-order valence-corrected chi connectivity index (χ3v) is 12.3. The molecule has 0 atom stereocenters. The number of imidazole rings is 1. The molecule has 3 aliphatic rings. The van der Waals surface area contributed by atoms with Gasteiger partial charge in [0.05, 0.1) is 33.5 Å². The molecular weight excluding hydrogens is 698 g/mol. The lowest BCUT2D eigenvalue weighted by Gasteiger charge is -2.33. The Kier molecular flexibility index (Phi) is 10.5. The first-order valence-electron chi connectivity index (χ1n) is 19.3. The normalized spacial score (nSPS) is 19.2. The number of halogens is 1. The average Bonchev–Trinajstić information content (AvgIpc) is 3.81. The topological polar surface area (TPSA) is 116 Å². The maximum atomic E-state index is 13.7. The number of anilines is 1. The Morgan fingerprint density at radius 3 is 2.54 bits per heavy atom. The molecular formula is C43H48ClN7O3. The van der Waals surface area contributed by atoms with Crippen molar-refractivity contribution in [2.75, 3.05) is 31.5 Å². The number of benzene rings is 2. The Morgan fingerprint density at radius 2 is 1.74 bits per heavy atom. The van der Waals surface area contributed by atoms with Crippen LogP contribution < -0.4 is 5.32 Å². The Labute approximate surface area is 321 Å². The molecule has 54 heavy (non-hydrogen) atoms. The number of nitrogens with zero attached hydrogens (tertiary/aromatic N) is 6. The minimum atomic E-state index is -0.669. The number of carbonyl (C=O) groups excluding carboxylic acids is 1. The smallest absolute Gasteiger partial charge is 0.306 e. The van der Waals surface area contributed by atoms with Crippen molar-refractivity contribution >= 4 is 40.1 Å². The molecule has 3 aromatic heterocycles. The minimum Gasteiger partial charge on any atom is -0.481 e. The van der Waals surface area contributed by atoms with E-state index in [-0.39, 0.29) is 11.8 Å². The van der Waals surface area contributed by atoms with E-state index < -0.39 is 5.97 Å². The van der Waals surface area contributed by atoms with Gasteiger partial charge in [-0.1, -0.05) is 41.9 Å². The van der Waals surface area contributed by atoms with E-state index in [2.05, 4.69) is 52.4 Å². The molecule has 0 spiro atoms. The van der Waals surface area contributed by atoms with Crippen molar-refractivity contribution in [3.63, 3.8) is 0 Å². The Bertz CT molecular complexity index is 2200. The van der Waals surface area contributed by atoms with Crippen LogP contribution in [0, 0.1) is 18.8 Å². The van der Waals surface area contributed by atoms with Crippen LogP contribution >= 0.6 is 11.6 Å². The number of hydrogen-bond acceptors (Lipinski definition) is 7. The molecule has 1 amide bonds. The van der Waals surface area contributed by atoms with Crippen molar-refractivity contribution in [2.45, 2.75) is 71.4 Å². The number of aliphatic carboxylic acids is 1. The van der Waals surface area contributed by atoms with E-state index in [9.17, 15) is 14.7 Å². The lowest BCUT2D eigenvalue weighted by molar-refractivity contribution is -0.143. The van der Waals surface area contributed by atoms with Gasteiger partial charge in [-0.3, -0.25) is 29.4 Å². The highest BCUT2D eigenvalue weighted by Crippen LogP contribution is 2.37. The number of carbonyl (C=O) groups is 2. The van der Waals surface area contributed by atoms with Gasteiger partial charge in [-0.25, -0.2) is 4.98 Å². The fourth-order valence-corrected chi connectivity index (χ4v) is 9.11. The molecule has 1 saturated heterocycles. The molecule has 8 rings (SSSR count). The van der Waals surface area contributed by atoms with Gasteiger partial charge in [-0.05, 0) is 105 Å². The number of nitrogens with one attached hydrogen (secondary N) is 1. The zero-order valence-electron chi connectivity index (χ0n) is 31.2. The van der Waals surface area contributed by atoms with Gasteiger partial charge in [0.15, 0.2) is 5.82 Å². The highest BCUT2D eigenvalue weighted by molar-refractivity contribution is 6.36. The highest BCUT2D eigenvalue weighted by Gasteiger charge is 2.30. The summed E-state index contributed by atoms with van der Waals surface area (Å²) in [4.78, 5) is 44.5. The molecule has 280 valence electrons. The van der Waals surface area contributed by atoms with Gasteiger partial charge in [0.1, 0.15) is 0 Å². The van der Waals surface area contributed by atoms with E-state index in [1.807, 2.05) is 42.2 Å². The number of hydrogen-bond donors (Lipinski definition) is 2. The summed E-state index contributed by atoms with van der Waals surface area (Å²) in [5, 5.41) is 14.0. The number of rotatable bonds is 10. The van der Waals surface area contributed by atoms with Crippen molar-refractivity contribution in [2.24, 2.45) is 18.9 Å². The van der Waals surface area contributed by atoms with Crippen molar-refractivity contribution in [3.8, 4) is 11.1 Å². The van der Waals surface area contributed by atoms with Crippen LogP contribution in [-0.4, -0.2) is 72.5 Å². The molecule has 10 nitrogen and oxygen atoms in total. The summed E-state index contributed by atoms with van der Waals surface area (Å²) in [6.07, 6.45) is 11.3. The molecule has 5 heterocycles. The van der Waals surface area contributed by atoms with Gasteiger partial charge in [0.25, 0.3) is 5.91 Å². The molecule has 1 aliphatic carbocycles. The standard InChI is InChI=1S/C43H48ClN7O3/c1-27-31(22-36-40-32(15-17-45-36)21-29(23-46-40)25-50-18-3-4-19-50)7-5-8-33(27)34-9-6-10-35(39(34)44)48-42(52)41-47-37-26-51(20-16-38(37)49(41)2)24-28-11-13-30(14-12-28)43(53)54/h5-10,15,17,21,23,28,30H,3-4,11-14,16,18-20,22,24-26H2,1-2H3,(H,48,52)(H,53,54). The third kappa shape index (κ3) is 7.52. The summed E-state index contributed by atoms with van der Waals surface area (Å²) in [6, 6.07) is 16.3. The molecule has 0 radical (unpaired) electrons. The van der Waals surface area contributed by atoms with Gasteiger partial charge >= 0.3 is 5.97 Å². The van der Waals surface area contributed by atoms with Crippen LogP contribution in [0.25, 0.3) is 22.0 Å². The predicted octanol–water partition coefficient (Wildman–Crippen LogP) is 7.68. The second kappa shape index (κ2) is 15.6. The molecule has 0 bridgehead atoms. The molecule has 5 aromatic rings. The average molecular weight is 746 g/mol. The van der Waals surface area contributed by atoms with Crippen molar-refractivity contribution in [3.05, 3.63) is 106 Å². The maximum absolute atomic E-state index is 13.7. The van der Waals surface area contributed by atoms with Gasteiger partial charge in [0, 0.05) is 75.1 Å². The monoisotopic (exact) mass is 745 g/mol. The molecule has 1 saturated carbocycles. The van der Waals surface area contributed by atoms with E-state index in [1.165, 1.54) is 18.4 Å². The number of pyridine rings is 2. The van der Waals surface area contributed by atoms with Crippen molar-refractivity contribution in [1.82, 2.24) is 29.3 Å². The summed E-state index contributed by atoms with van der Waals surface area (Å²) in [6.45, 7) is 7.87. The van der Waals surface area contributed by atoms with E-state index in [4.69, 9.17) is 26.6 Å². The van der Waals surface area contributed by atoms with E-state index >= 15 is 0 Å². The Hall–Kier alpha value is -4.64. The fourth-order valence-electron chi connectivity index (χ4n) is 8.84. The van der Waals surface area contributed by atoms with E-state index in [0.717, 1.165) is 115 Å². The molecule has 2 aliphatic heterocycles. The summed E-state index contributed by atoms with van der Waals surface area (Å²) < 4.78 is 1.91. The van der Waals surface area contributed by atoms with Crippen LogP contribution in [0.5, 0.6) is 0 Å². The van der Waals surface area contributed by atoms with Gasteiger partial charge in [-0.15, -0.1) is 0 Å². The van der Waals surface area contributed by atoms with E-state index in [1.54, 1.807) is 0 Å². The zero-order valence-corrected chi connectivity index (χ0v) is 31.9.